The van der Waals surface area contributed by atoms with Crippen LogP contribution in [-0.4, -0.2) is 49.3 Å². The van der Waals surface area contributed by atoms with Crippen LogP contribution in [0.3, 0.4) is 0 Å². The Morgan fingerprint density at radius 2 is 1.76 bits per heavy atom. The highest BCUT2D eigenvalue weighted by Crippen LogP contribution is 2.24. The topological polar surface area (TPSA) is 117 Å². The molecule has 0 aliphatic heterocycles. The Morgan fingerprint density at radius 3 is 2.41 bits per heavy atom. The Labute approximate surface area is 199 Å². The summed E-state index contributed by atoms with van der Waals surface area (Å²) in [6.07, 6.45) is 0.603. The third-order valence-electron chi connectivity index (χ3n) is 5.53. The van der Waals surface area contributed by atoms with Gasteiger partial charge in [0.25, 0.3) is 10.0 Å². The Hall–Kier alpha value is -3.69. The lowest BCUT2D eigenvalue weighted by atomic mass is 10.1. The van der Waals surface area contributed by atoms with Crippen molar-refractivity contribution < 1.29 is 8.42 Å². The maximum absolute atomic E-state index is 12.7. The number of hydrogen-bond acceptors (Lipinski definition) is 5. The Bertz CT molecular complexity index is 1410. The van der Waals surface area contributed by atoms with Gasteiger partial charge in [-0.1, -0.05) is 42.5 Å². The second-order valence-corrected chi connectivity index (χ2v) is 10.1. The van der Waals surface area contributed by atoms with Crippen molar-refractivity contribution >= 4 is 32.6 Å². The highest BCUT2D eigenvalue weighted by atomic mass is 32.2. The van der Waals surface area contributed by atoms with Crippen molar-refractivity contribution in [3.05, 3.63) is 89.7 Å². The van der Waals surface area contributed by atoms with Gasteiger partial charge in [-0.15, -0.1) is 0 Å². The molecule has 0 atom stereocenters. The molecular weight excluding hydrogens is 448 g/mol. The predicted octanol–water partition coefficient (Wildman–Crippen LogP) is 3.27. The van der Waals surface area contributed by atoms with Gasteiger partial charge in [-0.3, -0.25) is 10.1 Å². The lowest BCUT2D eigenvalue weighted by Crippen LogP contribution is -2.19. The van der Waals surface area contributed by atoms with E-state index in [4.69, 9.17) is 16.1 Å². The first-order chi connectivity index (χ1) is 16.2. The first-order valence-corrected chi connectivity index (χ1v) is 12.4. The van der Waals surface area contributed by atoms with E-state index in [-0.39, 0.29) is 10.7 Å². The highest BCUT2D eigenvalue weighted by molar-refractivity contribution is 7.92. The average molecular weight is 477 g/mol. The molecule has 0 fully saturated rings. The molecule has 1 aromatic heterocycles. The van der Waals surface area contributed by atoms with Crippen molar-refractivity contribution in [2.75, 3.05) is 25.4 Å². The number of nitrogen functional groups attached to an aromatic ring is 1. The van der Waals surface area contributed by atoms with E-state index in [1.165, 1.54) is 0 Å². The summed E-state index contributed by atoms with van der Waals surface area (Å²) in [6.45, 7) is 1.59. The van der Waals surface area contributed by atoms with Gasteiger partial charge in [0.05, 0.1) is 21.6 Å². The summed E-state index contributed by atoms with van der Waals surface area (Å²) >= 11 is 0. The lowest BCUT2D eigenvalue weighted by molar-refractivity contribution is 0.384. The van der Waals surface area contributed by atoms with Crippen LogP contribution in [-0.2, 0) is 23.0 Å². The number of benzene rings is 3. The Balaban J connectivity index is 1.67. The number of aromatic nitrogens is 2. The zero-order valence-electron chi connectivity index (χ0n) is 19.2. The maximum atomic E-state index is 12.7. The molecular formula is C25H28N6O2S. The summed E-state index contributed by atoms with van der Waals surface area (Å²) in [5.41, 5.74) is 9.43. The molecule has 0 unspecified atom stereocenters. The van der Waals surface area contributed by atoms with Crippen LogP contribution in [0.1, 0.15) is 17.0 Å². The number of fused-ring (bicyclic) bond motifs is 1. The van der Waals surface area contributed by atoms with E-state index in [0.29, 0.717) is 17.7 Å². The van der Waals surface area contributed by atoms with Gasteiger partial charge >= 0.3 is 0 Å². The minimum absolute atomic E-state index is 0.0373. The number of nitrogens with zero attached hydrogens (tertiary/aromatic N) is 3. The van der Waals surface area contributed by atoms with Crippen molar-refractivity contribution in [1.29, 1.82) is 5.41 Å². The number of amidine groups is 1. The number of nitrogens with two attached hydrogens (primary N) is 1. The number of anilines is 1. The summed E-state index contributed by atoms with van der Waals surface area (Å²) in [7, 11) is 0.362. The smallest absolute Gasteiger partial charge is 0.261 e. The summed E-state index contributed by atoms with van der Waals surface area (Å²) in [4.78, 5) is 7.17. The molecule has 4 N–H and O–H groups in total. The van der Waals surface area contributed by atoms with Gasteiger partial charge < -0.3 is 15.2 Å². The van der Waals surface area contributed by atoms with Crippen LogP contribution in [0.4, 0.5) is 5.69 Å². The molecule has 0 aliphatic rings. The fourth-order valence-corrected chi connectivity index (χ4v) is 4.80. The molecule has 9 heteroatoms. The summed E-state index contributed by atoms with van der Waals surface area (Å²) < 4.78 is 30.3. The van der Waals surface area contributed by atoms with Gasteiger partial charge in [-0.25, -0.2) is 13.4 Å². The molecule has 1 heterocycles. The van der Waals surface area contributed by atoms with Gasteiger partial charge in [0.15, 0.2) is 0 Å². The van der Waals surface area contributed by atoms with E-state index in [0.717, 1.165) is 35.5 Å². The molecule has 0 bridgehead atoms. The summed E-state index contributed by atoms with van der Waals surface area (Å²) in [5, 5.41) is 7.57. The molecule has 0 aliphatic carbocycles. The van der Waals surface area contributed by atoms with E-state index in [1.54, 1.807) is 42.5 Å². The van der Waals surface area contributed by atoms with Gasteiger partial charge in [0, 0.05) is 25.1 Å². The predicted molar refractivity (Wildman–Crippen MR) is 136 cm³/mol. The third-order valence-corrected chi connectivity index (χ3v) is 6.93. The van der Waals surface area contributed by atoms with Crippen molar-refractivity contribution in [1.82, 2.24) is 14.5 Å². The minimum Gasteiger partial charge on any atom is -0.384 e. The van der Waals surface area contributed by atoms with Crippen LogP contribution < -0.4 is 10.5 Å². The summed E-state index contributed by atoms with van der Waals surface area (Å²) in [6, 6.07) is 21.3. The first kappa shape index (κ1) is 23.5. The molecule has 34 heavy (non-hydrogen) atoms. The number of nitrogens with one attached hydrogen (secondary N) is 2. The van der Waals surface area contributed by atoms with Gasteiger partial charge in [-0.2, -0.15) is 0 Å². The van der Waals surface area contributed by atoms with Crippen LogP contribution >= 0.6 is 0 Å². The quantitative estimate of drug-likeness (QED) is 0.253. The molecule has 0 radical (unpaired) electrons. The molecule has 3 aromatic carbocycles. The first-order valence-electron chi connectivity index (χ1n) is 10.9. The van der Waals surface area contributed by atoms with E-state index in [9.17, 15) is 8.42 Å². The van der Waals surface area contributed by atoms with Crippen molar-refractivity contribution in [2.24, 2.45) is 5.73 Å². The Kier molecular flexibility index (Phi) is 6.67. The van der Waals surface area contributed by atoms with Crippen LogP contribution in [0.2, 0.25) is 0 Å². The molecule has 4 rings (SSSR count). The largest absolute Gasteiger partial charge is 0.384 e. The molecule has 4 aromatic rings. The van der Waals surface area contributed by atoms with Crippen LogP contribution in [0.5, 0.6) is 0 Å². The third kappa shape index (κ3) is 5.27. The molecule has 0 saturated carbocycles. The average Bonchev–Trinajstić information content (AvgIpc) is 3.14. The molecule has 0 saturated heterocycles. The Morgan fingerprint density at radius 1 is 1.06 bits per heavy atom. The molecule has 0 amide bonds. The SMILES string of the molecule is CN(C)CCn1c(Cc2ccc(C(=N)N)cc2)nc2cc(NS(=O)(=O)c3ccccc3)ccc21. The number of likely N-dealkylation sites (N-methyl/N-ethyl adjacent to an activating group) is 1. The van der Waals surface area contributed by atoms with Crippen molar-refractivity contribution in [2.45, 2.75) is 17.9 Å². The van der Waals surface area contributed by atoms with E-state index >= 15 is 0 Å². The van der Waals surface area contributed by atoms with Crippen LogP contribution in [0.25, 0.3) is 11.0 Å². The standard InChI is InChI=1S/C25H28N6O2S/c1-30(2)14-15-31-23-13-12-20(29-34(32,33)21-6-4-3-5-7-21)17-22(23)28-24(31)16-18-8-10-19(11-9-18)25(26)27/h3-13,17,29H,14-16H2,1-2H3,(H3,26,27). The van der Waals surface area contributed by atoms with E-state index < -0.39 is 10.0 Å². The maximum Gasteiger partial charge on any atom is 0.261 e. The highest BCUT2D eigenvalue weighted by Gasteiger charge is 2.16. The summed E-state index contributed by atoms with van der Waals surface area (Å²) in [5.74, 6) is 0.922. The van der Waals surface area contributed by atoms with Crippen molar-refractivity contribution in [3.8, 4) is 0 Å². The molecule has 0 spiro atoms. The van der Waals surface area contributed by atoms with Gasteiger partial charge in [0.2, 0.25) is 0 Å². The second-order valence-electron chi connectivity index (χ2n) is 8.39. The monoisotopic (exact) mass is 476 g/mol. The number of imidazole rings is 1. The van der Waals surface area contributed by atoms with Crippen LogP contribution in [0, 0.1) is 5.41 Å². The number of hydrogen-bond donors (Lipinski definition) is 3. The molecule has 176 valence electrons. The zero-order valence-corrected chi connectivity index (χ0v) is 20.0. The van der Waals surface area contributed by atoms with E-state index in [2.05, 4.69) is 14.2 Å². The number of rotatable bonds is 9. The normalized spacial score (nSPS) is 11.7. The van der Waals surface area contributed by atoms with Crippen LogP contribution in [0.15, 0.2) is 77.7 Å². The zero-order chi connectivity index (χ0) is 24.3. The van der Waals surface area contributed by atoms with Gasteiger partial charge in [-0.05, 0) is 50.0 Å². The lowest BCUT2D eigenvalue weighted by Gasteiger charge is -2.14. The number of sulfonamides is 1. The van der Waals surface area contributed by atoms with Crippen molar-refractivity contribution in [3.63, 3.8) is 0 Å². The minimum atomic E-state index is -3.69. The molecule has 8 nitrogen and oxygen atoms in total. The van der Waals surface area contributed by atoms with E-state index in [1.807, 2.05) is 44.4 Å². The second kappa shape index (κ2) is 9.66. The van der Waals surface area contributed by atoms with Gasteiger partial charge in [0.1, 0.15) is 11.7 Å². The fourth-order valence-electron chi connectivity index (χ4n) is 3.73. The fraction of sp³-hybridized carbons (Fsp3) is 0.200.